The highest BCUT2D eigenvalue weighted by atomic mass is 16.5. The second-order valence-electron chi connectivity index (χ2n) is 19.7. The Morgan fingerprint density at radius 1 is 0.900 bits per heavy atom. The molecule has 274 valence electrons. The second-order valence-corrected chi connectivity index (χ2v) is 19.7. The Morgan fingerprint density at radius 3 is 2.38 bits per heavy atom. The van der Waals surface area contributed by atoms with E-state index in [0.29, 0.717) is 41.4 Å². The van der Waals surface area contributed by atoms with Crippen LogP contribution < -0.4 is 4.74 Å². The number of aromatic amines is 1. The second kappa shape index (κ2) is 11.8. The molecule has 0 radical (unpaired) electrons. The minimum absolute atomic E-state index is 0.0180. The molecule has 6 heteroatoms. The van der Waals surface area contributed by atoms with Crippen LogP contribution in [0.4, 0.5) is 0 Å². The number of carbonyl (C=O) groups is 1. The molecule has 2 N–H and O–H groups in total. The Hall–Kier alpha value is -2.34. The SMILES string of the molecule is COc1ccc(-c2cnc([C@@H]3CCCN3C(=O)[C@]34CC[C@@H](C(C)C)[C@@H]3[C@H]3CC[C@@H]5[C@@]6(C)CC[C@H](O)C(C)(C)[C@@H]6CC[C@@]5(C)[C@]3(C)CC4)[nH]2)cc1. The standard InChI is InChI=1S/C44H65N3O3/c1-27(2)30-17-22-44(39(49)47-25-9-10-33(47)38-45-26-32(46-38)28-11-13-29(50-8)14-12-28)24-23-42(6)31(37(30)44)15-16-35-41(5)20-19-36(48)40(3,4)34(41)18-21-43(35,42)7/h11-14,26-27,30-31,33-37,48H,9-10,15-25H2,1-8H3,(H,45,46)/t30-,31+,33-,34-,35+,36-,37+,41-,42+,43+,44-/m0/s1. The van der Waals surface area contributed by atoms with Gasteiger partial charge in [0.25, 0.3) is 0 Å². The Morgan fingerprint density at radius 2 is 1.66 bits per heavy atom. The molecule has 8 rings (SSSR count). The lowest BCUT2D eigenvalue weighted by atomic mass is 9.32. The van der Waals surface area contributed by atoms with E-state index in [1.54, 1.807) is 7.11 Å². The fourth-order valence-electron chi connectivity index (χ4n) is 14.8. The van der Waals surface area contributed by atoms with E-state index in [4.69, 9.17) is 9.72 Å². The number of likely N-dealkylation sites (tertiary alicyclic amines) is 1. The third-order valence-electron chi connectivity index (χ3n) is 17.6. The Labute approximate surface area is 301 Å². The summed E-state index contributed by atoms with van der Waals surface area (Å²) in [7, 11) is 1.69. The summed E-state index contributed by atoms with van der Waals surface area (Å²) in [6, 6.07) is 8.14. The minimum atomic E-state index is -0.256. The van der Waals surface area contributed by atoms with Gasteiger partial charge in [0.05, 0.1) is 36.6 Å². The van der Waals surface area contributed by atoms with Crippen molar-refractivity contribution in [2.24, 2.45) is 62.6 Å². The first-order valence-electron chi connectivity index (χ1n) is 20.4. The number of nitrogens with one attached hydrogen (secondary N) is 1. The van der Waals surface area contributed by atoms with Gasteiger partial charge in [0.2, 0.25) is 5.91 Å². The lowest BCUT2D eigenvalue weighted by Gasteiger charge is -2.73. The van der Waals surface area contributed by atoms with E-state index in [9.17, 15) is 5.11 Å². The fraction of sp³-hybridized carbons (Fsp3) is 0.773. The molecule has 0 spiro atoms. The van der Waals surface area contributed by atoms with Crippen LogP contribution in [0.15, 0.2) is 30.5 Å². The van der Waals surface area contributed by atoms with E-state index in [1.165, 1.54) is 38.5 Å². The molecule has 2 aromatic rings. The minimum Gasteiger partial charge on any atom is -0.497 e. The van der Waals surface area contributed by atoms with E-state index in [0.717, 1.165) is 67.9 Å². The first-order chi connectivity index (χ1) is 23.7. The van der Waals surface area contributed by atoms with Gasteiger partial charge in [-0.15, -0.1) is 0 Å². The summed E-state index contributed by atoms with van der Waals surface area (Å²) in [5.41, 5.74) is 2.57. The molecule has 50 heavy (non-hydrogen) atoms. The topological polar surface area (TPSA) is 78.4 Å². The van der Waals surface area contributed by atoms with Crippen LogP contribution in [0, 0.1) is 62.6 Å². The van der Waals surface area contributed by atoms with E-state index in [2.05, 4.69) is 70.5 Å². The van der Waals surface area contributed by atoms with E-state index < -0.39 is 0 Å². The summed E-state index contributed by atoms with van der Waals surface area (Å²) < 4.78 is 5.37. The molecule has 6 nitrogen and oxygen atoms in total. The van der Waals surface area contributed by atoms with Crippen LogP contribution in [0.1, 0.15) is 137 Å². The van der Waals surface area contributed by atoms with Gasteiger partial charge >= 0.3 is 0 Å². The summed E-state index contributed by atoms with van der Waals surface area (Å²) in [6.45, 7) is 18.5. The zero-order valence-electron chi connectivity index (χ0n) is 32.4. The third-order valence-corrected chi connectivity index (χ3v) is 17.6. The van der Waals surface area contributed by atoms with Crippen molar-refractivity contribution in [2.45, 2.75) is 138 Å². The van der Waals surface area contributed by atoms with Crippen molar-refractivity contribution in [1.82, 2.24) is 14.9 Å². The quantitative estimate of drug-likeness (QED) is 0.329. The molecule has 1 aromatic carbocycles. The first-order valence-corrected chi connectivity index (χ1v) is 20.4. The summed E-state index contributed by atoms with van der Waals surface area (Å²) >= 11 is 0. The maximum Gasteiger partial charge on any atom is 0.229 e. The Kier molecular flexibility index (Phi) is 8.22. The number of benzene rings is 1. The number of H-pyrrole nitrogens is 1. The number of fused-ring (bicyclic) bond motifs is 7. The molecule has 1 aromatic heterocycles. The van der Waals surface area contributed by atoms with Gasteiger partial charge in [-0.05, 0) is 164 Å². The number of methoxy groups -OCH3 is 1. The summed E-state index contributed by atoms with van der Waals surface area (Å²) in [4.78, 5) is 26.3. The predicted molar refractivity (Wildman–Crippen MR) is 199 cm³/mol. The van der Waals surface area contributed by atoms with Gasteiger partial charge in [-0.25, -0.2) is 4.98 Å². The predicted octanol–water partition coefficient (Wildman–Crippen LogP) is 9.85. The molecule has 1 saturated heterocycles. The van der Waals surface area contributed by atoms with Crippen molar-refractivity contribution in [3.05, 3.63) is 36.3 Å². The van der Waals surface area contributed by atoms with Gasteiger partial charge in [-0.3, -0.25) is 4.79 Å². The molecule has 0 bridgehead atoms. The monoisotopic (exact) mass is 684 g/mol. The van der Waals surface area contributed by atoms with Crippen LogP contribution in [-0.4, -0.2) is 45.6 Å². The number of imidazole rings is 1. The van der Waals surface area contributed by atoms with E-state index in [1.807, 2.05) is 18.3 Å². The van der Waals surface area contributed by atoms with Crippen LogP contribution in [0.3, 0.4) is 0 Å². The Balaban J connectivity index is 1.10. The fourth-order valence-corrected chi connectivity index (χ4v) is 14.8. The van der Waals surface area contributed by atoms with Crippen molar-refractivity contribution in [1.29, 1.82) is 0 Å². The number of ether oxygens (including phenoxy) is 1. The smallest absolute Gasteiger partial charge is 0.229 e. The number of aliphatic hydroxyl groups is 1. The maximum absolute atomic E-state index is 15.4. The molecule has 1 aliphatic heterocycles. The van der Waals surface area contributed by atoms with Crippen LogP contribution in [-0.2, 0) is 4.79 Å². The zero-order chi connectivity index (χ0) is 35.4. The molecule has 5 aliphatic carbocycles. The van der Waals surface area contributed by atoms with Gasteiger partial charge in [-0.1, -0.05) is 48.5 Å². The molecule has 11 atom stereocenters. The highest BCUT2D eigenvalue weighted by molar-refractivity contribution is 5.84. The average molecular weight is 684 g/mol. The molecular formula is C44H65N3O3. The number of rotatable bonds is 5. The number of hydrogen-bond acceptors (Lipinski definition) is 4. The summed E-state index contributed by atoms with van der Waals surface area (Å²) in [6.07, 6.45) is 15.4. The highest BCUT2D eigenvalue weighted by Gasteiger charge is 2.72. The molecular weight excluding hydrogens is 619 g/mol. The number of aliphatic hydroxyl groups excluding tert-OH is 1. The molecule has 6 fully saturated rings. The average Bonchev–Trinajstić information content (AvgIpc) is 3.86. The van der Waals surface area contributed by atoms with Crippen molar-refractivity contribution in [3.8, 4) is 17.0 Å². The highest BCUT2D eigenvalue weighted by Crippen LogP contribution is 2.77. The number of hydrogen-bond donors (Lipinski definition) is 2. The first kappa shape index (κ1) is 34.7. The normalized spacial score (nSPS) is 43.6. The largest absolute Gasteiger partial charge is 0.497 e. The molecule has 6 aliphatic rings. The van der Waals surface area contributed by atoms with Crippen molar-refractivity contribution in [3.63, 3.8) is 0 Å². The maximum atomic E-state index is 15.4. The molecule has 0 unspecified atom stereocenters. The van der Waals surface area contributed by atoms with Gasteiger partial charge in [0.15, 0.2) is 0 Å². The van der Waals surface area contributed by atoms with Gasteiger partial charge < -0.3 is 19.7 Å². The molecule has 5 saturated carbocycles. The van der Waals surface area contributed by atoms with Gasteiger partial charge in [0.1, 0.15) is 11.6 Å². The lowest BCUT2D eigenvalue weighted by Crippen LogP contribution is -2.67. The van der Waals surface area contributed by atoms with Crippen molar-refractivity contribution in [2.75, 3.05) is 13.7 Å². The summed E-state index contributed by atoms with van der Waals surface area (Å²) in [5, 5.41) is 11.2. The number of carbonyl (C=O) groups excluding carboxylic acids is 1. The van der Waals surface area contributed by atoms with E-state index >= 15 is 4.79 Å². The van der Waals surface area contributed by atoms with Crippen molar-refractivity contribution >= 4 is 5.91 Å². The number of amides is 1. The van der Waals surface area contributed by atoms with Gasteiger partial charge in [0, 0.05) is 6.54 Å². The number of aromatic nitrogens is 2. The summed E-state index contributed by atoms with van der Waals surface area (Å²) in [5.74, 6) is 5.72. The van der Waals surface area contributed by atoms with Crippen LogP contribution in [0.2, 0.25) is 0 Å². The zero-order valence-corrected chi connectivity index (χ0v) is 32.4. The van der Waals surface area contributed by atoms with E-state index in [-0.39, 0.29) is 39.2 Å². The van der Waals surface area contributed by atoms with Crippen LogP contribution in [0.5, 0.6) is 5.75 Å². The lowest BCUT2D eigenvalue weighted by molar-refractivity contribution is -0.249. The van der Waals surface area contributed by atoms with Crippen molar-refractivity contribution < 1.29 is 14.6 Å². The van der Waals surface area contributed by atoms with Gasteiger partial charge in [-0.2, -0.15) is 0 Å². The van der Waals surface area contributed by atoms with Crippen LogP contribution in [0.25, 0.3) is 11.3 Å². The Bertz CT molecular complexity index is 1600. The molecule has 2 heterocycles. The third kappa shape index (κ3) is 4.67. The van der Waals surface area contributed by atoms with Crippen LogP contribution >= 0.6 is 0 Å². The molecule has 1 amide bonds. The number of nitrogens with zero attached hydrogens (tertiary/aromatic N) is 2.